The van der Waals surface area contributed by atoms with Crippen LogP contribution in [0.25, 0.3) is 0 Å². The molecule has 0 aliphatic heterocycles. The SMILES string of the molecule is COc1cccc(OC)c1C1CCCCCC1C(=O)O. The zero-order valence-electron chi connectivity index (χ0n) is 12.1. The van der Waals surface area contributed by atoms with Gasteiger partial charge in [-0.1, -0.05) is 25.3 Å². The van der Waals surface area contributed by atoms with Crippen molar-refractivity contribution in [3.8, 4) is 11.5 Å². The summed E-state index contributed by atoms with van der Waals surface area (Å²) in [5, 5.41) is 9.54. The van der Waals surface area contributed by atoms with Gasteiger partial charge in [0, 0.05) is 11.5 Å². The third-order valence-electron chi connectivity index (χ3n) is 4.17. The molecule has 1 saturated carbocycles. The molecule has 2 unspecified atom stereocenters. The van der Waals surface area contributed by atoms with E-state index in [-0.39, 0.29) is 11.8 Å². The molecule has 0 radical (unpaired) electrons. The molecule has 0 spiro atoms. The van der Waals surface area contributed by atoms with Crippen LogP contribution in [-0.2, 0) is 4.79 Å². The predicted octanol–water partition coefficient (Wildman–Crippen LogP) is 3.45. The second-order valence-electron chi connectivity index (χ2n) is 5.27. The lowest BCUT2D eigenvalue weighted by Crippen LogP contribution is -2.22. The van der Waals surface area contributed by atoms with Gasteiger partial charge in [0.2, 0.25) is 0 Å². The van der Waals surface area contributed by atoms with Crippen molar-refractivity contribution < 1.29 is 19.4 Å². The molecule has 1 N–H and O–H groups in total. The molecule has 110 valence electrons. The lowest BCUT2D eigenvalue weighted by Gasteiger charge is -2.25. The second-order valence-corrected chi connectivity index (χ2v) is 5.27. The molecule has 2 rings (SSSR count). The predicted molar refractivity (Wildman–Crippen MR) is 76.5 cm³/mol. The third-order valence-corrected chi connectivity index (χ3v) is 4.17. The van der Waals surface area contributed by atoms with Crippen molar-refractivity contribution in [2.45, 2.75) is 38.0 Å². The topological polar surface area (TPSA) is 55.8 Å². The Morgan fingerprint density at radius 3 is 2.25 bits per heavy atom. The Balaban J connectivity index is 2.47. The first kappa shape index (κ1) is 14.7. The van der Waals surface area contributed by atoms with E-state index in [9.17, 15) is 9.90 Å². The Kier molecular flexibility index (Phi) is 4.88. The van der Waals surface area contributed by atoms with Gasteiger partial charge in [0.1, 0.15) is 11.5 Å². The van der Waals surface area contributed by atoms with Crippen LogP contribution in [0.5, 0.6) is 11.5 Å². The summed E-state index contributed by atoms with van der Waals surface area (Å²) in [6, 6.07) is 5.62. The minimum Gasteiger partial charge on any atom is -0.496 e. The molecule has 0 amide bonds. The minimum absolute atomic E-state index is 0.0406. The third kappa shape index (κ3) is 2.89. The minimum atomic E-state index is -0.718. The van der Waals surface area contributed by atoms with E-state index in [4.69, 9.17) is 9.47 Å². The fourth-order valence-electron chi connectivity index (χ4n) is 3.19. The summed E-state index contributed by atoms with van der Waals surface area (Å²) in [5.41, 5.74) is 0.909. The fraction of sp³-hybridized carbons (Fsp3) is 0.562. The molecule has 1 aliphatic rings. The lowest BCUT2D eigenvalue weighted by molar-refractivity contribution is -0.142. The number of ether oxygens (including phenoxy) is 2. The molecule has 1 aliphatic carbocycles. The molecule has 0 heterocycles. The van der Waals surface area contributed by atoms with E-state index in [2.05, 4.69) is 0 Å². The summed E-state index contributed by atoms with van der Waals surface area (Å²) in [6.45, 7) is 0. The van der Waals surface area contributed by atoms with Gasteiger partial charge in [0.25, 0.3) is 0 Å². The average Bonchev–Trinajstić information content (AvgIpc) is 2.71. The highest BCUT2D eigenvalue weighted by molar-refractivity contribution is 5.72. The first-order valence-electron chi connectivity index (χ1n) is 7.12. The number of hydrogen-bond donors (Lipinski definition) is 1. The van der Waals surface area contributed by atoms with E-state index in [0.29, 0.717) is 0 Å². The maximum absolute atomic E-state index is 11.6. The normalized spacial score (nSPS) is 22.9. The van der Waals surface area contributed by atoms with Gasteiger partial charge >= 0.3 is 5.97 Å². The zero-order valence-corrected chi connectivity index (χ0v) is 12.1. The number of rotatable bonds is 4. The molecule has 1 aromatic carbocycles. The van der Waals surface area contributed by atoms with Crippen LogP contribution < -0.4 is 9.47 Å². The van der Waals surface area contributed by atoms with Gasteiger partial charge in [-0.2, -0.15) is 0 Å². The Hall–Kier alpha value is -1.71. The van der Waals surface area contributed by atoms with Gasteiger partial charge in [0.05, 0.1) is 20.1 Å². The smallest absolute Gasteiger partial charge is 0.307 e. The molecule has 0 bridgehead atoms. The number of carboxylic acids is 1. The van der Waals surface area contributed by atoms with E-state index < -0.39 is 5.97 Å². The van der Waals surface area contributed by atoms with Crippen molar-refractivity contribution in [2.75, 3.05) is 14.2 Å². The van der Waals surface area contributed by atoms with Crippen LogP contribution in [0.2, 0.25) is 0 Å². The standard InChI is InChI=1S/C16H22O4/c1-19-13-9-6-10-14(20-2)15(13)11-7-4-3-5-8-12(11)16(17)18/h6,9-12H,3-5,7-8H2,1-2H3,(H,17,18). The van der Waals surface area contributed by atoms with Crippen LogP contribution in [0.4, 0.5) is 0 Å². The van der Waals surface area contributed by atoms with Gasteiger partial charge in [-0.3, -0.25) is 4.79 Å². The van der Waals surface area contributed by atoms with Crippen LogP contribution in [-0.4, -0.2) is 25.3 Å². The zero-order chi connectivity index (χ0) is 14.5. The van der Waals surface area contributed by atoms with Crippen LogP contribution in [0, 0.1) is 5.92 Å². The van der Waals surface area contributed by atoms with Crippen LogP contribution >= 0.6 is 0 Å². The van der Waals surface area contributed by atoms with Gasteiger partial charge in [-0.05, 0) is 25.0 Å². The Morgan fingerprint density at radius 1 is 1.10 bits per heavy atom. The summed E-state index contributed by atoms with van der Waals surface area (Å²) >= 11 is 0. The number of benzene rings is 1. The van der Waals surface area contributed by atoms with Crippen molar-refractivity contribution in [2.24, 2.45) is 5.92 Å². The Bertz CT molecular complexity index is 447. The highest BCUT2D eigenvalue weighted by atomic mass is 16.5. The van der Waals surface area contributed by atoms with E-state index in [1.54, 1.807) is 14.2 Å². The van der Waals surface area contributed by atoms with E-state index in [1.165, 1.54) is 0 Å². The van der Waals surface area contributed by atoms with Crippen LogP contribution in [0.3, 0.4) is 0 Å². The van der Waals surface area contributed by atoms with E-state index in [0.717, 1.165) is 49.2 Å². The first-order chi connectivity index (χ1) is 9.69. The number of methoxy groups -OCH3 is 2. The summed E-state index contributed by atoms with van der Waals surface area (Å²) in [6.07, 6.45) is 4.72. The van der Waals surface area contributed by atoms with Crippen LogP contribution in [0.1, 0.15) is 43.6 Å². The number of carboxylic acid groups (broad SMARTS) is 1. The second kappa shape index (κ2) is 6.64. The van der Waals surface area contributed by atoms with Gasteiger partial charge in [-0.25, -0.2) is 0 Å². The molecule has 1 aromatic rings. The molecule has 20 heavy (non-hydrogen) atoms. The average molecular weight is 278 g/mol. The largest absolute Gasteiger partial charge is 0.496 e. The van der Waals surface area contributed by atoms with Gasteiger partial charge < -0.3 is 14.6 Å². The van der Waals surface area contributed by atoms with Crippen molar-refractivity contribution in [3.63, 3.8) is 0 Å². The highest BCUT2D eigenvalue weighted by Gasteiger charge is 2.34. The van der Waals surface area contributed by atoms with Crippen molar-refractivity contribution in [1.82, 2.24) is 0 Å². The molecule has 0 saturated heterocycles. The van der Waals surface area contributed by atoms with E-state index >= 15 is 0 Å². The molecular formula is C16H22O4. The highest BCUT2D eigenvalue weighted by Crippen LogP contribution is 2.44. The monoisotopic (exact) mass is 278 g/mol. The molecule has 0 aromatic heterocycles. The lowest BCUT2D eigenvalue weighted by atomic mass is 9.81. The summed E-state index contributed by atoms with van der Waals surface area (Å²) in [7, 11) is 3.23. The van der Waals surface area contributed by atoms with Gasteiger partial charge in [0.15, 0.2) is 0 Å². The summed E-state index contributed by atoms with van der Waals surface area (Å²) in [4.78, 5) is 11.6. The summed E-state index contributed by atoms with van der Waals surface area (Å²) in [5.74, 6) is 0.332. The van der Waals surface area contributed by atoms with E-state index in [1.807, 2.05) is 18.2 Å². The molecule has 2 atom stereocenters. The fourth-order valence-corrected chi connectivity index (χ4v) is 3.19. The number of carbonyl (C=O) groups is 1. The molecule has 4 nitrogen and oxygen atoms in total. The molecular weight excluding hydrogens is 256 g/mol. The van der Waals surface area contributed by atoms with Crippen LogP contribution in [0.15, 0.2) is 18.2 Å². The maximum atomic E-state index is 11.6. The van der Waals surface area contributed by atoms with Crippen molar-refractivity contribution in [1.29, 1.82) is 0 Å². The molecule has 4 heteroatoms. The Morgan fingerprint density at radius 2 is 1.70 bits per heavy atom. The quantitative estimate of drug-likeness (QED) is 0.857. The van der Waals surface area contributed by atoms with Gasteiger partial charge in [-0.15, -0.1) is 0 Å². The maximum Gasteiger partial charge on any atom is 0.307 e. The number of hydrogen-bond acceptors (Lipinski definition) is 3. The molecule has 1 fully saturated rings. The Labute approximate surface area is 119 Å². The first-order valence-corrected chi connectivity index (χ1v) is 7.12. The number of aliphatic carboxylic acids is 1. The summed E-state index contributed by atoms with van der Waals surface area (Å²) < 4.78 is 10.9. The van der Waals surface area contributed by atoms with Crippen molar-refractivity contribution in [3.05, 3.63) is 23.8 Å². The van der Waals surface area contributed by atoms with Crippen molar-refractivity contribution >= 4 is 5.97 Å².